The number of anilines is 1. The molecular weight excluding hydrogens is 262 g/mol. The van der Waals surface area contributed by atoms with Gasteiger partial charge in [-0.25, -0.2) is 4.68 Å². The Morgan fingerprint density at radius 2 is 1.90 bits per heavy atom. The quantitative estimate of drug-likeness (QED) is 0.782. The molecular formula is C16H15N5. The van der Waals surface area contributed by atoms with E-state index in [1.807, 2.05) is 28.9 Å². The molecule has 1 N–H and O–H groups in total. The van der Waals surface area contributed by atoms with Crippen LogP contribution in [-0.2, 0) is 0 Å². The van der Waals surface area contributed by atoms with E-state index in [2.05, 4.69) is 44.6 Å². The Balaban J connectivity index is 1.77. The summed E-state index contributed by atoms with van der Waals surface area (Å²) in [5.41, 5.74) is 2.06. The van der Waals surface area contributed by atoms with E-state index in [1.54, 1.807) is 6.20 Å². The van der Waals surface area contributed by atoms with E-state index in [1.165, 1.54) is 5.56 Å². The fourth-order valence-corrected chi connectivity index (χ4v) is 2.69. The highest BCUT2D eigenvalue weighted by atomic mass is 15.4. The predicted molar refractivity (Wildman–Crippen MR) is 80.9 cm³/mol. The van der Waals surface area contributed by atoms with Crippen molar-refractivity contribution < 1.29 is 0 Å². The van der Waals surface area contributed by atoms with Crippen LogP contribution in [0.5, 0.6) is 0 Å². The first-order valence-corrected chi connectivity index (χ1v) is 7.08. The summed E-state index contributed by atoms with van der Waals surface area (Å²) in [7, 11) is 0. The number of rotatable bonds is 2. The lowest BCUT2D eigenvalue weighted by Gasteiger charge is -2.24. The second-order valence-corrected chi connectivity index (χ2v) is 5.06. The topological polar surface area (TPSA) is 55.6 Å². The van der Waals surface area contributed by atoms with Gasteiger partial charge in [-0.15, -0.1) is 5.10 Å². The highest BCUT2D eigenvalue weighted by molar-refractivity contribution is 5.51. The van der Waals surface area contributed by atoms with Crippen molar-refractivity contribution in [2.24, 2.45) is 0 Å². The number of hydrogen-bond donors (Lipinski definition) is 1. The van der Waals surface area contributed by atoms with Crippen LogP contribution in [0.2, 0.25) is 0 Å². The molecule has 0 spiro atoms. The molecule has 1 unspecified atom stereocenters. The van der Waals surface area contributed by atoms with Crippen LogP contribution in [0.3, 0.4) is 0 Å². The Kier molecular flexibility index (Phi) is 2.88. The Hall–Kier alpha value is -2.69. The summed E-state index contributed by atoms with van der Waals surface area (Å²) in [6.07, 6.45) is 2.76. The molecule has 0 amide bonds. The Morgan fingerprint density at radius 3 is 2.71 bits per heavy atom. The van der Waals surface area contributed by atoms with Crippen LogP contribution < -0.4 is 5.32 Å². The van der Waals surface area contributed by atoms with Crippen molar-refractivity contribution >= 4 is 5.95 Å². The summed E-state index contributed by atoms with van der Waals surface area (Å²) in [6.45, 7) is 0.903. The molecule has 4 rings (SSSR count). The Bertz CT molecular complexity index is 736. The molecule has 3 aromatic rings. The molecule has 2 aromatic heterocycles. The molecule has 3 heterocycles. The zero-order chi connectivity index (χ0) is 14.1. The fraction of sp³-hybridized carbons (Fsp3) is 0.188. The molecule has 1 aliphatic rings. The molecule has 104 valence electrons. The van der Waals surface area contributed by atoms with Crippen LogP contribution in [0.4, 0.5) is 5.95 Å². The van der Waals surface area contributed by atoms with Gasteiger partial charge in [-0.05, 0) is 24.1 Å². The van der Waals surface area contributed by atoms with Crippen LogP contribution in [0.15, 0.2) is 54.7 Å². The van der Waals surface area contributed by atoms with Crippen LogP contribution in [0, 0.1) is 0 Å². The number of fused-ring (bicyclic) bond motifs is 1. The fourth-order valence-electron chi connectivity index (χ4n) is 2.69. The van der Waals surface area contributed by atoms with Gasteiger partial charge in [0.15, 0.2) is 0 Å². The number of benzene rings is 1. The lowest BCUT2D eigenvalue weighted by Crippen LogP contribution is -2.24. The number of hydrogen-bond acceptors (Lipinski definition) is 4. The van der Waals surface area contributed by atoms with Gasteiger partial charge in [0.25, 0.3) is 0 Å². The summed E-state index contributed by atoms with van der Waals surface area (Å²) in [5, 5.41) is 7.97. The van der Waals surface area contributed by atoms with Crippen LogP contribution in [0.1, 0.15) is 18.0 Å². The summed E-state index contributed by atoms with van der Waals surface area (Å²) in [5.74, 6) is 1.48. The number of aromatic nitrogens is 4. The van der Waals surface area contributed by atoms with Gasteiger partial charge in [0.1, 0.15) is 5.69 Å². The number of nitrogens with one attached hydrogen (secondary N) is 1. The van der Waals surface area contributed by atoms with Crippen molar-refractivity contribution in [3.8, 4) is 11.5 Å². The third-order valence-corrected chi connectivity index (χ3v) is 3.71. The third kappa shape index (κ3) is 2.16. The normalized spacial score (nSPS) is 17.0. The van der Waals surface area contributed by atoms with Crippen LogP contribution >= 0.6 is 0 Å². The first-order valence-electron chi connectivity index (χ1n) is 7.08. The monoisotopic (exact) mass is 277 g/mol. The highest BCUT2D eigenvalue weighted by Gasteiger charge is 2.24. The van der Waals surface area contributed by atoms with Gasteiger partial charge in [0, 0.05) is 12.7 Å². The molecule has 0 radical (unpaired) electrons. The molecule has 0 saturated heterocycles. The molecule has 0 aliphatic carbocycles. The summed E-state index contributed by atoms with van der Waals surface area (Å²) < 4.78 is 1.98. The Labute approximate surface area is 122 Å². The minimum Gasteiger partial charge on any atom is -0.354 e. The molecule has 1 aliphatic heterocycles. The number of nitrogens with zero attached hydrogens (tertiary/aromatic N) is 4. The van der Waals surface area contributed by atoms with Gasteiger partial charge in [0.05, 0.1) is 6.04 Å². The maximum Gasteiger partial charge on any atom is 0.222 e. The van der Waals surface area contributed by atoms with Crippen LogP contribution in [0.25, 0.3) is 11.5 Å². The number of pyridine rings is 1. The molecule has 1 atom stereocenters. The van der Waals surface area contributed by atoms with E-state index in [9.17, 15) is 0 Å². The van der Waals surface area contributed by atoms with Crippen molar-refractivity contribution in [3.05, 3.63) is 60.3 Å². The zero-order valence-corrected chi connectivity index (χ0v) is 11.5. The maximum absolute atomic E-state index is 4.66. The van der Waals surface area contributed by atoms with Gasteiger partial charge < -0.3 is 5.32 Å². The first kappa shape index (κ1) is 12.1. The average Bonchev–Trinajstić information content (AvgIpc) is 3.00. The maximum atomic E-state index is 4.66. The van der Waals surface area contributed by atoms with Crippen molar-refractivity contribution in [2.45, 2.75) is 12.5 Å². The molecule has 5 nitrogen and oxygen atoms in total. The van der Waals surface area contributed by atoms with Crippen molar-refractivity contribution in [1.29, 1.82) is 0 Å². The van der Waals surface area contributed by atoms with E-state index in [-0.39, 0.29) is 6.04 Å². The van der Waals surface area contributed by atoms with E-state index in [4.69, 9.17) is 0 Å². The highest BCUT2D eigenvalue weighted by Crippen LogP contribution is 2.29. The van der Waals surface area contributed by atoms with Crippen molar-refractivity contribution in [2.75, 3.05) is 11.9 Å². The van der Waals surface area contributed by atoms with E-state index in [0.29, 0.717) is 5.82 Å². The lowest BCUT2D eigenvalue weighted by molar-refractivity contribution is 0.481. The van der Waals surface area contributed by atoms with Gasteiger partial charge in [-0.1, -0.05) is 36.4 Å². The van der Waals surface area contributed by atoms with E-state index >= 15 is 0 Å². The second kappa shape index (κ2) is 5.01. The van der Waals surface area contributed by atoms with Gasteiger partial charge in [-0.2, -0.15) is 4.98 Å². The van der Waals surface area contributed by atoms with Crippen molar-refractivity contribution in [1.82, 2.24) is 19.7 Å². The molecule has 0 saturated carbocycles. The minimum atomic E-state index is 0.229. The Morgan fingerprint density at radius 1 is 1.05 bits per heavy atom. The molecule has 1 aromatic carbocycles. The largest absolute Gasteiger partial charge is 0.354 e. The molecule has 0 bridgehead atoms. The molecule has 5 heteroatoms. The molecule has 0 fully saturated rings. The molecule has 21 heavy (non-hydrogen) atoms. The van der Waals surface area contributed by atoms with Gasteiger partial charge in [-0.3, -0.25) is 4.98 Å². The summed E-state index contributed by atoms with van der Waals surface area (Å²) in [4.78, 5) is 8.90. The van der Waals surface area contributed by atoms with E-state index < -0.39 is 0 Å². The van der Waals surface area contributed by atoms with Crippen LogP contribution in [-0.4, -0.2) is 26.3 Å². The smallest absolute Gasteiger partial charge is 0.222 e. The minimum absolute atomic E-state index is 0.229. The average molecular weight is 277 g/mol. The predicted octanol–water partition coefficient (Wildman–Crippen LogP) is 2.75. The SMILES string of the molecule is c1ccc(C2CCNc3nc(-c4ccccn4)nn32)cc1. The second-order valence-electron chi connectivity index (χ2n) is 5.06. The van der Waals surface area contributed by atoms with Crippen molar-refractivity contribution in [3.63, 3.8) is 0 Å². The first-order chi connectivity index (χ1) is 10.4. The van der Waals surface area contributed by atoms with E-state index in [0.717, 1.165) is 24.6 Å². The standard InChI is InChI=1S/C16H15N5/c1-2-6-12(7-3-1)14-9-11-18-16-19-15(20-21(14)16)13-8-4-5-10-17-13/h1-8,10,14H,9,11H2,(H,18,19,20). The summed E-state index contributed by atoms with van der Waals surface area (Å²) in [6, 6.07) is 16.4. The zero-order valence-electron chi connectivity index (χ0n) is 11.5. The third-order valence-electron chi connectivity index (χ3n) is 3.71. The summed E-state index contributed by atoms with van der Waals surface area (Å²) >= 11 is 0. The lowest BCUT2D eigenvalue weighted by atomic mass is 10.0. The van der Waals surface area contributed by atoms with Gasteiger partial charge in [0.2, 0.25) is 11.8 Å². The van der Waals surface area contributed by atoms with Gasteiger partial charge >= 0.3 is 0 Å².